The van der Waals surface area contributed by atoms with Crippen LogP contribution in [-0.2, 0) is 0 Å². The second-order valence-corrected chi connectivity index (χ2v) is 2.88. The molecule has 0 radical (unpaired) electrons. The zero-order valence-electron chi connectivity index (χ0n) is 7.57. The van der Waals surface area contributed by atoms with Crippen molar-refractivity contribution in [2.75, 3.05) is 12.4 Å². The van der Waals surface area contributed by atoms with E-state index in [4.69, 9.17) is 0 Å². The number of benzene rings is 1. The molecule has 0 spiro atoms. The molecule has 2 aromatic rings. The molecule has 66 valence electrons. The number of hydrogen-bond acceptors (Lipinski definition) is 4. The fourth-order valence-electron chi connectivity index (χ4n) is 1.15. The van der Waals surface area contributed by atoms with E-state index >= 15 is 0 Å². The number of fused-ring (bicyclic) bond motifs is 1. The maximum atomic E-state index is 4.27. The minimum Gasteiger partial charge on any atom is -0.356 e. The van der Waals surface area contributed by atoms with Crippen LogP contribution in [0.2, 0.25) is 0 Å². The molecule has 2 rings (SSSR count). The number of aromatic nitrogens is 3. The maximum Gasteiger partial charge on any atom is 0.243 e. The van der Waals surface area contributed by atoms with Crippen molar-refractivity contribution in [3.63, 3.8) is 0 Å². The molecule has 1 aromatic heterocycles. The molecule has 4 heteroatoms. The Labute approximate surface area is 76.0 Å². The van der Waals surface area contributed by atoms with Crippen molar-refractivity contribution in [1.82, 2.24) is 15.2 Å². The van der Waals surface area contributed by atoms with E-state index in [1.807, 2.05) is 25.1 Å². The first-order valence-electron chi connectivity index (χ1n) is 4.08. The summed E-state index contributed by atoms with van der Waals surface area (Å²) in [5.41, 5.74) is 2.87. The minimum atomic E-state index is 0.554. The predicted octanol–water partition coefficient (Wildman–Crippen LogP) is 1.37. The number of anilines is 1. The Hall–Kier alpha value is -1.71. The summed E-state index contributed by atoms with van der Waals surface area (Å²) in [7, 11) is 1.78. The van der Waals surface area contributed by atoms with Crippen LogP contribution >= 0.6 is 0 Å². The van der Waals surface area contributed by atoms with Crippen LogP contribution in [0, 0.1) is 6.92 Å². The highest BCUT2D eigenvalue weighted by Crippen LogP contribution is 2.11. The van der Waals surface area contributed by atoms with Crippen molar-refractivity contribution in [2.45, 2.75) is 6.92 Å². The van der Waals surface area contributed by atoms with Gasteiger partial charge in [-0.2, -0.15) is 0 Å². The molecular weight excluding hydrogens is 164 g/mol. The van der Waals surface area contributed by atoms with Gasteiger partial charge in [0.05, 0.1) is 5.52 Å². The molecule has 0 bridgehead atoms. The van der Waals surface area contributed by atoms with Gasteiger partial charge in [-0.3, -0.25) is 0 Å². The van der Waals surface area contributed by atoms with Gasteiger partial charge >= 0.3 is 0 Å². The highest BCUT2D eigenvalue weighted by atomic mass is 15.2. The lowest BCUT2D eigenvalue weighted by Crippen LogP contribution is -1.98. The van der Waals surface area contributed by atoms with Crippen molar-refractivity contribution < 1.29 is 0 Å². The molecule has 0 aliphatic rings. The van der Waals surface area contributed by atoms with E-state index in [1.165, 1.54) is 5.56 Å². The first-order chi connectivity index (χ1) is 6.29. The lowest BCUT2D eigenvalue weighted by atomic mass is 10.2. The molecule has 0 amide bonds. The molecule has 4 nitrogen and oxygen atoms in total. The smallest absolute Gasteiger partial charge is 0.243 e. The molecule has 0 saturated carbocycles. The summed E-state index contributed by atoms with van der Waals surface area (Å²) in [4.78, 5) is 4.27. The van der Waals surface area contributed by atoms with Crippen LogP contribution in [-0.4, -0.2) is 22.2 Å². The fraction of sp³-hybridized carbons (Fsp3) is 0.222. The molecule has 0 saturated heterocycles. The summed E-state index contributed by atoms with van der Waals surface area (Å²) >= 11 is 0. The summed E-state index contributed by atoms with van der Waals surface area (Å²) in [5, 5.41) is 10.8. The molecule has 0 unspecified atom stereocenters. The monoisotopic (exact) mass is 174 g/mol. The van der Waals surface area contributed by atoms with E-state index in [9.17, 15) is 0 Å². The van der Waals surface area contributed by atoms with Crippen molar-refractivity contribution in [3.8, 4) is 0 Å². The topological polar surface area (TPSA) is 50.7 Å². The van der Waals surface area contributed by atoms with Gasteiger partial charge in [0.15, 0.2) is 0 Å². The summed E-state index contributed by atoms with van der Waals surface area (Å²) in [5.74, 6) is 0.554. The maximum absolute atomic E-state index is 4.27. The largest absolute Gasteiger partial charge is 0.356 e. The van der Waals surface area contributed by atoms with E-state index in [2.05, 4.69) is 20.5 Å². The standard InChI is InChI=1S/C9H10N4/c1-6-3-4-7-8(5-6)11-9(10-2)13-12-7/h3-5H,1-2H3,(H,10,11,13). The van der Waals surface area contributed by atoms with Gasteiger partial charge < -0.3 is 5.32 Å². The molecule has 1 heterocycles. The predicted molar refractivity (Wildman–Crippen MR) is 51.6 cm³/mol. The Morgan fingerprint density at radius 1 is 1.15 bits per heavy atom. The Bertz CT molecular complexity index is 439. The summed E-state index contributed by atoms with van der Waals surface area (Å²) in [6, 6.07) is 5.91. The van der Waals surface area contributed by atoms with Gasteiger partial charge in [0.1, 0.15) is 5.52 Å². The van der Waals surface area contributed by atoms with Gasteiger partial charge in [0, 0.05) is 7.05 Å². The Balaban J connectivity index is 2.68. The SMILES string of the molecule is CNc1nnc2ccc(C)cc2n1. The van der Waals surface area contributed by atoms with Gasteiger partial charge in [0.25, 0.3) is 0 Å². The fourth-order valence-corrected chi connectivity index (χ4v) is 1.15. The average molecular weight is 174 g/mol. The third kappa shape index (κ3) is 1.42. The molecule has 13 heavy (non-hydrogen) atoms. The lowest BCUT2D eigenvalue weighted by Gasteiger charge is -1.99. The summed E-state index contributed by atoms with van der Waals surface area (Å²) in [6.45, 7) is 2.03. The van der Waals surface area contributed by atoms with Gasteiger partial charge in [-0.05, 0) is 24.6 Å². The first kappa shape index (κ1) is 7.91. The molecule has 1 aromatic carbocycles. The van der Waals surface area contributed by atoms with Crippen molar-refractivity contribution in [3.05, 3.63) is 23.8 Å². The second-order valence-electron chi connectivity index (χ2n) is 2.88. The number of nitrogens with zero attached hydrogens (tertiary/aromatic N) is 3. The second kappa shape index (κ2) is 2.97. The average Bonchev–Trinajstić information content (AvgIpc) is 2.16. The third-order valence-corrected chi connectivity index (χ3v) is 1.83. The zero-order valence-corrected chi connectivity index (χ0v) is 7.57. The highest BCUT2D eigenvalue weighted by molar-refractivity contribution is 5.75. The third-order valence-electron chi connectivity index (χ3n) is 1.83. The van der Waals surface area contributed by atoms with Crippen LogP contribution in [0.25, 0.3) is 11.0 Å². The number of rotatable bonds is 1. The van der Waals surface area contributed by atoms with E-state index < -0.39 is 0 Å². The number of nitrogens with one attached hydrogen (secondary N) is 1. The van der Waals surface area contributed by atoms with Crippen LogP contribution in [0.15, 0.2) is 18.2 Å². The molecule has 0 aliphatic heterocycles. The minimum absolute atomic E-state index is 0.554. The van der Waals surface area contributed by atoms with Crippen LogP contribution in [0.1, 0.15) is 5.56 Å². The van der Waals surface area contributed by atoms with Crippen LogP contribution < -0.4 is 5.32 Å². The number of hydrogen-bond donors (Lipinski definition) is 1. The molecular formula is C9H10N4. The Morgan fingerprint density at radius 3 is 2.77 bits per heavy atom. The Morgan fingerprint density at radius 2 is 2.00 bits per heavy atom. The normalized spacial score (nSPS) is 10.3. The summed E-state index contributed by atoms with van der Waals surface area (Å²) < 4.78 is 0. The Kier molecular flexibility index (Phi) is 1.81. The van der Waals surface area contributed by atoms with E-state index in [1.54, 1.807) is 7.05 Å². The van der Waals surface area contributed by atoms with Crippen LogP contribution in [0.4, 0.5) is 5.95 Å². The van der Waals surface area contributed by atoms with Crippen molar-refractivity contribution in [1.29, 1.82) is 0 Å². The highest BCUT2D eigenvalue weighted by Gasteiger charge is 1.98. The van der Waals surface area contributed by atoms with Crippen LogP contribution in [0.5, 0.6) is 0 Å². The molecule has 0 fully saturated rings. The number of aryl methyl sites for hydroxylation is 1. The van der Waals surface area contributed by atoms with E-state index in [-0.39, 0.29) is 0 Å². The van der Waals surface area contributed by atoms with Gasteiger partial charge in [-0.1, -0.05) is 6.07 Å². The van der Waals surface area contributed by atoms with Crippen molar-refractivity contribution in [2.24, 2.45) is 0 Å². The van der Waals surface area contributed by atoms with E-state index in [0.29, 0.717) is 5.95 Å². The quantitative estimate of drug-likeness (QED) is 0.709. The summed E-state index contributed by atoms with van der Waals surface area (Å²) in [6.07, 6.45) is 0. The molecule has 1 N–H and O–H groups in total. The van der Waals surface area contributed by atoms with E-state index in [0.717, 1.165) is 11.0 Å². The van der Waals surface area contributed by atoms with Crippen LogP contribution in [0.3, 0.4) is 0 Å². The molecule has 0 aliphatic carbocycles. The lowest BCUT2D eigenvalue weighted by molar-refractivity contribution is 1.02. The van der Waals surface area contributed by atoms with Crippen molar-refractivity contribution >= 4 is 17.0 Å². The van der Waals surface area contributed by atoms with Gasteiger partial charge in [-0.15, -0.1) is 10.2 Å². The molecule has 0 atom stereocenters. The van der Waals surface area contributed by atoms with Gasteiger partial charge in [0.2, 0.25) is 5.95 Å². The zero-order chi connectivity index (χ0) is 9.26. The first-order valence-corrected chi connectivity index (χ1v) is 4.08. The van der Waals surface area contributed by atoms with Gasteiger partial charge in [-0.25, -0.2) is 4.98 Å².